The molecule has 3 aliphatic rings. The molecule has 39 heavy (non-hydrogen) atoms. The van der Waals surface area contributed by atoms with Crippen molar-refractivity contribution in [2.75, 3.05) is 0 Å². The summed E-state index contributed by atoms with van der Waals surface area (Å²) in [6, 6.07) is 5.98. The van der Waals surface area contributed by atoms with Crippen molar-refractivity contribution < 1.29 is 22.0 Å². The van der Waals surface area contributed by atoms with E-state index in [-0.39, 0.29) is 11.9 Å². The van der Waals surface area contributed by atoms with E-state index in [4.69, 9.17) is 0 Å². The zero-order valence-electron chi connectivity index (χ0n) is 23.9. The van der Waals surface area contributed by atoms with E-state index in [1.54, 1.807) is 6.07 Å². The summed E-state index contributed by atoms with van der Waals surface area (Å²) in [7, 11) is 0. The van der Waals surface area contributed by atoms with Crippen LogP contribution in [0.2, 0.25) is 0 Å². The predicted molar refractivity (Wildman–Crippen MR) is 150 cm³/mol. The number of halogens is 5. The molecule has 0 aliphatic heterocycles. The van der Waals surface area contributed by atoms with Crippen LogP contribution in [-0.4, -0.2) is 6.18 Å². The van der Waals surface area contributed by atoms with Crippen LogP contribution < -0.4 is 0 Å². The summed E-state index contributed by atoms with van der Waals surface area (Å²) in [5.74, 6) is 1.64. The molecule has 5 heteroatoms. The van der Waals surface area contributed by atoms with Crippen LogP contribution in [0, 0.1) is 35.4 Å². The number of hydrogen-bond donors (Lipinski definition) is 0. The lowest BCUT2D eigenvalue weighted by Gasteiger charge is -2.38. The highest BCUT2D eigenvalue weighted by Gasteiger charge is 2.34. The highest BCUT2D eigenvalue weighted by Crippen LogP contribution is 2.45. The fourth-order valence-electron chi connectivity index (χ4n) is 7.96. The van der Waals surface area contributed by atoms with Gasteiger partial charge in [-0.1, -0.05) is 57.6 Å². The number of aryl methyl sites for hydroxylation is 1. The normalized spacial score (nSPS) is 30.9. The first-order valence-corrected chi connectivity index (χ1v) is 15.9. The molecule has 0 saturated heterocycles. The van der Waals surface area contributed by atoms with Gasteiger partial charge >= 0.3 is 6.18 Å². The molecule has 0 heterocycles. The van der Waals surface area contributed by atoms with Crippen molar-refractivity contribution in [2.45, 2.75) is 135 Å². The number of allylic oxidation sites excluding steroid dienone is 2. The molecule has 0 nitrogen and oxygen atoms in total. The SMILES string of the molecule is CCCCCc1ccc(C2CCC(CCC3CCC(C4CCC(C(F)=CC(F)(F)F)CC4)CC3)CC2)c(F)c1. The Balaban J connectivity index is 1.12. The molecule has 3 aliphatic carbocycles. The Hall–Kier alpha value is -1.39. The smallest absolute Gasteiger partial charge is 0.212 e. The largest absolute Gasteiger partial charge is 0.412 e. The Bertz CT molecular complexity index is 895. The second-order valence-electron chi connectivity index (χ2n) is 13.1. The van der Waals surface area contributed by atoms with E-state index in [0.29, 0.717) is 30.6 Å². The van der Waals surface area contributed by atoms with Crippen molar-refractivity contribution in [2.24, 2.45) is 29.6 Å². The zero-order chi connectivity index (χ0) is 27.8. The van der Waals surface area contributed by atoms with Crippen molar-refractivity contribution in [3.63, 3.8) is 0 Å². The first-order chi connectivity index (χ1) is 18.7. The van der Waals surface area contributed by atoms with Crippen LogP contribution in [0.5, 0.6) is 0 Å². The second-order valence-corrected chi connectivity index (χ2v) is 13.1. The predicted octanol–water partition coefficient (Wildman–Crippen LogP) is 11.6. The molecule has 3 fully saturated rings. The van der Waals surface area contributed by atoms with Gasteiger partial charge in [-0.3, -0.25) is 0 Å². The van der Waals surface area contributed by atoms with Crippen molar-refractivity contribution in [1.29, 1.82) is 0 Å². The number of rotatable bonds is 10. The number of unbranched alkanes of at least 4 members (excludes halogenated alkanes) is 2. The first-order valence-electron chi connectivity index (χ1n) is 15.9. The molecule has 1 aromatic rings. The van der Waals surface area contributed by atoms with Crippen LogP contribution in [0.3, 0.4) is 0 Å². The van der Waals surface area contributed by atoms with E-state index in [2.05, 4.69) is 19.1 Å². The lowest BCUT2D eigenvalue weighted by atomic mass is 9.68. The van der Waals surface area contributed by atoms with Gasteiger partial charge in [0.15, 0.2) is 0 Å². The summed E-state index contributed by atoms with van der Waals surface area (Å²) in [5.41, 5.74) is 2.06. The summed E-state index contributed by atoms with van der Waals surface area (Å²) in [6.45, 7) is 2.19. The van der Waals surface area contributed by atoms with Crippen LogP contribution >= 0.6 is 0 Å². The maximum Gasteiger partial charge on any atom is 0.412 e. The van der Waals surface area contributed by atoms with Crippen LogP contribution in [0.1, 0.15) is 133 Å². The molecule has 0 atom stereocenters. The summed E-state index contributed by atoms with van der Waals surface area (Å²) in [5, 5.41) is 0. The summed E-state index contributed by atoms with van der Waals surface area (Å²) in [6.07, 6.45) is 14.8. The molecule has 0 radical (unpaired) electrons. The Labute approximate surface area is 233 Å². The summed E-state index contributed by atoms with van der Waals surface area (Å²) >= 11 is 0. The molecule has 0 aromatic heterocycles. The number of hydrogen-bond acceptors (Lipinski definition) is 0. The van der Waals surface area contributed by atoms with Gasteiger partial charge in [0.2, 0.25) is 0 Å². The molecule has 1 aromatic carbocycles. The summed E-state index contributed by atoms with van der Waals surface area (Å²) in [4.78, 5) is 0. The topological polar surface area (TPSA) is 0 Å². The van der Waals surface area contributed by atoms with E-state index in [1.807, 2.05) is 0 Å². The third-order valence-electron chi connectivity index (χ3n) is 10.4. The molecular formula is C34H49F5. The average molecular weight is 553 g/mol. The quantitative estimate of drug-likeness (QED) is 0.200. The van der Waals surface area contributed by atoms with Gasteiger partial charge in [-0.15, -0.1) is 0 Å². The van der Waals surface area contributed by atoms with Crippen molar-refractivity contribution in [3.8, 4) is 0 Å². The van der Waals surface area contributed by atoms with Gasteiger partial charge < -0.3 is 0 Å². The van der Waals surface area contributed by atoms with Gasteiger partial charge in [0.05, 0.1) is 6.08 Å². The van der Waals surface area contributed by atoms with Gasteiger partial charge in [0.25, 0.3) is 0 Å². The standard InChI is InChI=1S/C34H49F5/c1-2-3-4-5-26-12-21-31(32(35)22-26)29-15-10-25(11-16-29)7-6-24-8-13-27(14-9-24)28-17-19-30(20-18-28)33(36)23-34(37,38)39/h12,21-25,27-30H,2-11,13-20H2,1H3. The van der Waals surface area contributed by atoms with Gasteiger partial charge in [0.1, 0.15) is 11.6 Å². The van der Waals surface area contributed by atoms with Crippen LogP contribution in [0.15, 0.2) is 30.1 Å². The third-order valence-corrected chi connectivity index (χ3v) is 10.4. The number of benzene rings is 1. The van der Waals surface area contributed by atoms with Gasteiger partial charge in [-0.05, 0) is 124 Å². The molecule has 220 valence electrons. The molecule has 4 rings (SSSR count). The average Bonchev–Trinajstić information content (AvgIpc) is 2.92. The number of alkyl halides is 3. The Kier molecular flexibility index (Phi) is 11.4. The lowest BCUT2D eigenvalue weighted by Crippen LogP contribution is -2.26. The van der Waals surface area contributed by atoms with Crippen LogP contribution in [-0.2, 0) is 6.42 Å². The maximum absolute atomic E-state index is 14.9. The second kappa shape index (κ2) is 14.5. The zero-order valence-corrected chi connectivity index (χ0v) is 23.9. The molecule has 0 unspecified atom stereocenters. The first kappa shape index (κ1) is 30.6. The minimum Gasteiger partial charge on any atom is -0.212 e. The monoisotopic (exact) mass is 552 g/mol. The van der Waals surface area contributed by atoms with Crippen molar-refractivity contribution in [3.05, 3.63) is 47.0 Å². The van der Waals surface area contributed by atoms with E-state index in [1.165, 1.54) is 64.2 Å². The van der Waals surface area contributed by atoms with Gasteiger partial charge in [-0.2, -0.15) is 13.2 Å². The summed E-state index contributed by atoms with van der Waals surface area (Å²) < 4.78 is 66.2. The lowest BCUT2D eigenvalue weighted by molar-refractivity contribution is -0.0821. The minimum absolute atomic E-state index is 0.000557. The molecule has 0 amide bonds. The fraction of sp³-hybridized carbons (Fsp3) is 0.765. The van der Waals surface area contributed by atoms with Crippen LogP contribution in [0.4, 0.5) is 22.0 Å². The van der Waals surface area contributed by atoms with Crippen molar-refractivity contribution >= 4 is 0 Å². The highest BCUT2D eigenvalue weighted by atomic mass is 19.4. The van der Waals surface area contributed by atoms with E-state index in [9.17, 15) is 22.0 Å². The molecule has 0 N–H and O–H groups in total. The highest BCUT2D eigenvalue weighted by molar-refractivity contribution is 5.28. The molecule has 0 spiro atoms. The Morgan fingerprint density at radius 2 is 1.36 bits per heavy atom. The minimum atomic E-state index is -4.56. The van der Waals surface area contributed by atoms with E-state index < -0.39 is 17.9 Å². The van der Waals surface area contributed by atoms with Crippen LogP contribution in [0.25, 0.3) is 0 Å². The van der Waals surface area contributed by atoms with Crippen molar-refractivity contribution in [1.82, 2.24) is 0 Å². The van der Waals surface area contributed by atoms with E-state index in [0.717, 1.165) is 61.5 Å². The van der Waals surface area contributed by atoms with Gasteiger partial charge in [0, 0.05) is 5.92 Å². The molecule has 0 bridgehead atoms. The fourth-order valence-corrected chi connectivity index (χ4v) is 7.96. The molecule has 3 saturated carbocycles. The Morgan fingerprint density at radius 3 is 1.90 bits per heavy atom. The van der Waals surface area contributed by atoms with Gasteiger partial charge in [-0.25, -0.2) is 8.78 Å². The molecular weight excluding hydrogens is 503 g/mol. The Morgan fingerprint density at radius 1 is 0.795 bits per heavy atom. The third kappa shape index (κ3) is 9.32. The van der Waals surface area contributed by atoms with E-state index >= 15 is 0 Å². The maximum atomic E-state index is 14.9.